The summed E-state index contributed by atoms with van der Waals surface area (Å²) in [5.41, 5.74) is 1.15. The number of aromatic nitrogens is 3. The van der Waals surface area contributed by atoms with E-state index in [4.69, 9.17) is 0 Å². The van der Waals surface area contributed by atoms with E-state index in [1.807, 2.05) is 12.4 Å². The molecule has 2 aromatic heterocycles. The minimum atomic E-state index is 0.457. The molecule has 2 rings (SSSR count). The molecule has 4 heteroatoms. The molecule has 0 spiro atoms. The lowest BCUT2D eigenvalue weighted by Crippen LogP contribution is -2.06. The Hall–Kier alpha value is -1.16. The zero-order valence-corrected chi connectivity index (χ0v) is 11.5. The molecule has 0 aliphatic rings. The van der Waals surface area contributed by atoms with Crippen molar-refractivity contribution in [3.63, 3.8) is 0 Å². The first-order valence-corrected chi connectivity index (χ1v) is 7.03. The Kier molecular flexibility index (Phi) is 3.94. The van der Waals surface area contributed by atoms with Crippen LogP contribution in [0.2, 0.25) is 0 Å². The van der Waals surface area contributed by atoms with Gasteiger partial charge >= 0.3 is 0 Å². The normalized spacial score (nSPS) is 11.3. The smallest absolute Gasteiger partial charge is 0.111 e. The predicted molar refractivity (Wildman–Crippen MR) is 71.5 cm³/mol. The van der Waals surface area contributed by atoms with Crippen molar-refractivity contribution in [2.75, 3.05) is 0 Å². The van der Waals surface area contributed by atoms with Crippen LogP contribution in [0.3, 0.4) is 0 Å². The van der Waals surface area contributed by atoms with Crippen LogP contribution in [0.5, 0.6) is 0 Å². The van der Waals surface area contributed by atoms with Gasteiger partial charge in [0.25, 0.3) is 0 Å². The summed E-state index contributed by atoms with van der Waals surface area (Å²) in [6.07, 6.45) is 6.16. The summed E-state index contributed by atoms with van der Waals surface area (Å²) in [5.74, 6) is 1.59. The van der Waals surface area contributed by atoms with Gasteiger partial charge in [-0.1, -0.05) is 20.8 Å². The summed E-state index contributed by atoms with van der Waals surface area (Å²) < 4.78 is 2.19. The van der Waals surface area contributed by atoms with Crippen LogP contribution in [0, 0.1) is 0 Å². The number of thiazole rings is 1. The lowest BCUT2D eigenvalue weighted by atomic mass is 10.2. The van der Waals surface area contributed by atoms with E-state index in [2.05, 4.69) is 40.7 Å². The molecule has 2 aromatic rings. The van der Waals surface area contributed by atoms with Gasteiger partial charge in [0.15, 0.2) is 0 Å². The molecule has 0 saturated carbocycles. The molecule has 0 unspecified atom stereocenters. The highest BCUT2D eigenvalue weighted by molar-refractivity contribution is 7.09. The first-order valence-electron chi connectivity index (χ1n) is 6.15. The molecule has 92 valence electrons. The van der Waals surface area contributed by atoms with Crippen molar-refractivity contribution in [2.45, 2.75) is 46.1 Å². The van der Waals surface area contributed by atoms with Crippen LogP contribution in [0.25, 0.3) is 0 Å². The fourth-order valence-electron chi connectivity index (χ4n) is 1.88. The zero-order chi connectivity index (χ0) is 12.3. The Morgan fingerprint density at radius 3 is 2.94 bits per heavy atom. The van der Waals surface area contributed by atoms with Gasteiger partial charge in [-0.2, -0.15) is 0 Å². The van der Waals surface area contributed by atoms with Gasteiger partial charge in [0.2, 0.25) is 0 Å². The van der Waals surface area contributed by atoms with E-state index in [9.17, 15) is 0 Å². The molecule has 0 aromatic carbocycles. The van der Waals surface area contributed by atoms with E-state index >= 15 is 0 Å². The maximum absolute atomic E-state index is 4.65. The van der Waals surface area contributed by atoms with Gasteiger partial charge in [0.05, 0.1) is 17.2 Å². The Bertz CT molecular complexity index is 470. The SMILES string of the molecule is CCCc1nc(Cn2ccnc2C(C)C)cs1. The fourth-order valence-corrected chi connectivity index (χ4v) is 2.77. The number of hydrogen-bond donors (Lipinski definition) is 0. The molecule has 17 heavy (non-hydrogen) atoms. The quantitative estimate of drug-likeness (QED) is 0.812. The average molecular weight is 249 g/mol. The van der Waals surface area contributed by atoms with E-state index in [1.165, 1.54) is 5.01 Å². The van der Waals surface area contributed by atoms with Crippen LogP contribution < -0.4 is 0 Å². The number of nitrogens with zero attached hydrogens (tertiary/aromatic N) is 3. The van der Waals surface area contributed by atoms with Crippen LogP contribution in [-0.4, -0.2) is 14.5 Å². The highest BCUT2D eigenvalue weighted by atomic mass is 32.1. The molecule has 0 bridgehead atoms. The molecule has 0 radical (unpaired) electrons. The van der Waals surface area contributed by atoms with Crippen molar-refractivity contribution in [1.82, 2.24) is 14.5 Å². The van der Waals surface area contributed by atoms with Crippen LogP contribution in [0.4, 0.5) is 0 Å². The maximum Gasteiger partial charge on any atom is 0.111 e. The van der Waals surface area contributed by atoms with Gasteiger partial charge in [-0.05, 0) is 12.8 Å². The van der Waals surface area contributed by atoms with Crippen molar-refractivity contribution in [1.29, 1.82) is 0 Å². The third-order valence-electron chi connectivity index (χ3n) is 2.66. The minimum Gasteiger partial charge on any atom is -0.329 e. The second kappa shape index (κ2) is 5.45. The average Bonchev–Trinajstić information content (AvgIpc) is 2.89. The van der Waals surface area contributed by atoms with Crippen molar-refractivity contribution in [3.05, 3.63) is 34.3 Å². The summed E-state index contributed by atoms with van der Waals surface area (Å²) >= 11 is 1.77. The molecule has 0 atom stereocenters. The van der Waals surface area contributed by atoms with Gasteiger partial charge in [-0.15, -0.1) is 11.3 Å². The molecule has 0 amide bonds. The molecule has 0 fully saturated rings. The minimum absolute atomic E-state index is 0.457. The van der Waals surface area contributed by atoms with E-state index in [1.54, 1.807) is 11.3 Å². The molecule has 0 aliphatic carbocycles. The number of imidazole rings is 1. The molecule has 2 heterocycles. The molecular weight excluding hydrogens is 230 g/mol. The molecule has 0 N–H and O–H groups in total. The number of rotatable bonds is 5. The molecule has 0 saturated heterocycles. The fraction of sp³-hybridized carbons (Fsp3) is 0.538. The maximum atomic E-state index is 4.65. The van der Waals surface area contributed by atoms with E-state index in [0.717, 1.165) is 30.9 Å². The summed E-state index contributed by atoms with van der Waals surface area (Å²) in [7, 11) is 0. The Morgan fingerprint density at radius 1 is 1.41 bits per heavy atom. The lowest BCUT2D eigenvalue weighted by molar-refractivity contribution is 0.661. The van der Waals surface area contributed by atoms with E-state index < -0.39 is 0 Å². The van der Waals surface area contributed by atoms with Crippen molar-refractivity contribution < 1.29 is 0 Å². The Labute approximate surface area is 107 Å². The van der Waals surface area contributed by atoms with Crippen LogP contribution in [0.15, 0.2) is 17.8 Å². The van der Waals surface area contributed by atoms with Crippen LogP contribution in [-0.2, 0) is 13.0 Å². The highest BCUT2D eigenvalue weighted by Gasteiger charge is 2.09. The Morgan fingerprint density at radius 2 is 2.24 bits per heavy atom. The number of aryl methyl sites for hydroxylation is 1. The van der Waals surface area contributed by atoms with Gasteiger partial charge in [-0.25, -0.2) is 9.97 Å². The van der Waals surface area contributed by atoms with Gasteiger partial charge in [-0.3, -0.25) is 0 Å². The van der Waals surface area contributed by atoms with Gasteiger partial charge in [0.1, 0.15) is 5.82 Å². The summed E-state index contributed by atoms with van der Waals surface area (Å²) in [4.78, 5) is 9.04. The van der Waals surface area contributed by atoms with Crippen molar-refractivity contribution in [3.8, 4) is 0 Å². The Balaban J connectivity index is 2.11. The lowest BCUT2D eigenvalue weighted by Gasteiger charge is -2.08. The molecule has 0 aliphatic heterocycles. The van der Waals surface area contributed by atoms with E-state index in [0.29, 0.717) is 5.92 Å². The largest absolute Gasteiger partial charge is 0.329 e. The highest BCUT2D eigenvalue weighted by Crippen LogP contribution is 2.16. The second-order valence-corrected chi connectivity index (χ2v) is 5.49. The van der Waals surface area contributed by atoms with Gasteiger partial charge < -0.3 is 4.57 Å². The van der Waals surface area contributed by atoms with Crippen molar-refractivity contribution in [2.24, 2.45) is 0 Å². The predicted octanol–water partition coefficient (Wildman–Crippen LogP) is 3.46. The topological polar surface area (TPSA) is 30.7 Å². The van der Waals surface area contributed by atoms with Gasteiger partial charge in [0, 0.05) is 23.7 Å². The van der Waals surface area contributed by atoms with Crippen molar-refractivity contribution >= 4 is 11.3 Å². The first-order chi connectivity index (χ1) is 8.20. The monoisotopic (exact) mass is 249 g/mol. The second-order valence-electron chi connectivity index (χ2n) is 4.55. The first kappa shape index (κ1) is 12.3. The van der Waals surface area contributed by atoms with Crippen LogP contribution >= 0.6 is 11.3 Å². The number of hydrogen-bond acceptors (Lipinski definition) is 3. The third kappa shape index (κ3) is 2.94. The summed E-state index contributed by atoms with van der Waals surface area (Å²) in [6, 6.07) is 0. The third-order valence-corrected chi connectivity index (χ3v) is 3.62. The summed E-state index contributed by atoms with van der Waals surface area (Å²) in [6.45, 7) is 7.37. The van der Waals surface area contributed by atoms with E-state index in [-0.39, 0.29) is 0 Å². The summed E-state index contributed by atoms with van der Waals surface area (Å²) in [5, 5.41) is 3.41. The van der Waals surface area contributed by atoms with Crippen LogP contribution in [0.1, 0.15) is 49.6 Å². The standard InChI is InChI=1S/C13H19N3S/c1-4-5-12-15-11(9-17-12)8-16-7-6-14-13(16)10(2)3/h6-7,9-10H,4-5,8H2,1-3H3. The molecular formula is C13H19N3S. The zero-order valence-electron chi connectivity index (χ0n) is 10.7. The molecule has 3 nitrogen and oxygen atoms in total.